The molecule has 1 N–H and O–H groups in total. The zero-order chi connectivity index (χ0) is 24.1. The Hall–Kier alpha value is -3.32. The number of Topliss-reactive ketones (excluding diaryl/α,β-unsaturated/α-hetero) is 1. The summed E-state index contributed by atoms with van der Waals surface area (Å²) in [5.74, 6) is -0.321. The number of benzene rings is 2. The van der Waals surface area contributed by atoms with E-state index in [1.807, 2.05) is 25.1 Å². The Morgan fingerprint density at radius 3 is 2.36 bits per heavy atom. The van der Waals surface area contributed by atoms with Crippen molar-refractivity contribution in [3.05, 3.63) is 64.7 Å². The van der Waals surface area contributed by atoms with E-state index in [4.69, 9.17) is 9.47 Å². The van der Waals surface area contributed by atoms with Crippen molar-refractivity contribution in [2.45, 2.75) is 26.8 Å². The number of likely N-dealkylation sites (tertiary alicyclic amines) is 1. The summed E-state index contributed by atoms with van der Waals surface area (Å²) in [6.07, 6.45) is 0. The molecule has 0 spiro atoms. The molecule has 1 heterocycles. The van der Waals surface area contributed by atoms with Gasteiger partial charge in [0.25, 0.3) is 11.7 Å². The first-order valence-corrected chi connectivity index (χ1v) is 11.2. The van der Waals surface area contributed by atoms with E-state index in [1.165, 1.54) is 0 Å². The molecule has 1 amide bonds. The molecular weight excluding hydrogens is 420 g/mol. The van der Waals surface area contributed by atoms with Crippen LogP contribution in [-0.2, 0) is 9.59 Å². The predicted molar refractivity (Wildman–Crippen MR) is 128 cm³/mol. The number of likely N-dealkylation sites (N-methyl/N-ethyl adjacent to an activating group) is 1. The van der Waals surface area contributed by atoms with Crippen LogP contribution in [-0.4, -0.2) is 67.0 Å². The van der Waals surface area contributed by atoms with Crippen molar-refractivity contribution < 1.29 is 24.2 Å². The van der Waals surface area contributed by atoms with E-state index < -0.39 is 17.7 Å². The van der Waals surface area contributed by atoms with Gasteiger partial charge in [-0.15, -0.1) is 0 Å². The lowest BCUT2D eigenvalue weighted by molar-refractivity contribution is -0.140. The molecular formula is C26H32N2O5. The number of aliphatic hydroxyl groups is 1. The van der Waals surface area contributed by atoms with Crippen molar-refractivity contribution in [2.24, 2.45) is 0 Å². The van der Waals surface area contributed by atoms with E-state index in [-0.39, 0.29) is 11.3 Å². The van der Waals surface area contributed by atoms with Crippen LogP contribution in [0.5, 0.6) is 11.5 Å². The molecule has 176 valence electrons. The van der Waals surface area contributed by atoms with Crippen LogP contribution in [0.3, 0.4) is 0 Å². The van der Waals surface area contributed by atoms with Gasteiger partial charge in [-0.2, -0.15) is 0 Å². The summed E-state index contributed by atoms with van der Waals surface area (Å²) in [6, 6.07) is 11.7. The molecule has 1 saturated heterocycles. The van der Waals surface area contributed by atoms with E-state index in [0.29, 0.717) is 35.7 Å². The number of aliphatic hydroxyl groups excluding tert-OH is 1. The van der Waals surface area contributed by atoms with Crippen LogP contribution in [0, 0.1) is 6.92 Å². The van der Waals surface area contributed by atoms with Crippen LogP contribution in [0.25, 0.3) is 5.76 Å². The number of carbonyl (C=O) groups excluding carboxylic acids is 2. The van der Waals surface area contributed by atoms with Gasteiger partial charge in [-0.25, -0.2) is 0 Å². The molecule has 7 nitrogen and oxygen atoms in total. The lowest BCUT2D eigenvalue weighted by atomic mass is 9.93. The van der Waals surface area contributed by atoms with Gasteiger partial charge < -0.3 is 24.4 Å². The smallest absolute Gasteiger partial charge is 0.295 e. The quantitative estimate of drug-likeness (QED) is 0.354. The second kappa shape index (κ2) is 10.5. The minimum atomic E-state index is -0.752. The van der Waals surface area contributed by atoms with Gasteiger partial charge in [-0.3, -0.25) is 9.59 Å². The molecule has 1 fully saturated rings. The Morgan fingerprint density at radius 2 is 1.76 bits per heavy atom. The third-order valence-corrected chi connectivity index (χ3v) is 6.21. The summed E-state index contributed by atoms with van der Waals surface area (Å²) >= 11 is 0. The van der Waals surface area contributed by atoms with Crippen LogP contribution >= 0.6 is 0 Å². The molecule has 0 unspecified atom stereocenters. The van der Waals surface area contributed by atoms with Gasteiger partial charge in [-0.1, -0.05) is 32.0 Å². The molecule has 2 aromatic rings. The standard InChI is InChI=1S/C26H32N2O5/c1-6-27(7-2)14-15-28-23(20-10-8-9-11-21(20)33-5)22(25(30)26(28)31)24(29)19-13-12-18(32-4)16-17(19)3/h8-13,16,23,29H,6-7,14-15H2,1-5H3/t23-/m1/s1. The zero-order valence-electron chi connectivity index (χ0n) is 19.9. The largest absolute Gasteiger partial charge is 0.507 e. The first-order chi connectivity index (χ1) is 15.9. The zero-order valence-corrected chi connectivity index (χ0v) is 19.9. The number of nitrogens with zero attached hydrogens (tertiary/aromatic N) is 2. The maximum atomic E-state index is 13.2. The highest BCUT2D eigenvalue weighted by atomic mass is 16.5. The molecule has 0 saturated carbocycles. The first kappa shape index (κ1) is 24.3. The number of hydrogen-bond acceptors (Lipinski definition) is 6. The molecule has 0 radical (unpaired) electrons. The van der Waals surface area contributed by atoms with Gasteiger partial charge in [0.15, 0.2) is 0 Å². The molecule has 1 aliphatic rings. The maximum absolute atomic E-state index is 13.2. The molecule has 0 bridgehead atoms. The maximum Gasteiger partial charge on any atom is 0.295 e. The lowest BCUT2D eigenvalue weighted by Gasteiger charge is -2.29. The average molecular weight is 453 g/mol. The molecule has 33 heavy (non-hydrogen) atoms. The number of amides is 1. The van der Waals surface area contributed by atoms with Crippen LogP contribution in [0.4, 0.5) is 0 Å². The van der Waals surface area contributed by atoms with Crippen LogP contribution in [0.2, 0.25) is 0 Å². The van der Waals surface area contributed by atoms with Gasteiger partial charge in [0.05, 0.1) is 25.8 Å². The van der Waals surface area contributed by atoms with Crippen molar-refractivity contribution >= 4 is 17.4 Å². The Kier molecular flexibility index (Phi) is 7.76. The summed E-state index contributed by atoms with van der Waals surface area (Å²) < 4.78 is 10.8. The van der Waals surface area contributed by atoms with Crippen LogP contribution < -0.4 is 9.47 Å². The second-order valence-electron chi connectivity index (χ2n) is 7.94. The molecule has 1 atom stereocenters. The SMILES string of the molecule is CCN(CC)CCN1C(=O)C(=O)C(=C(O)c2ccc(OC)cc2C)[C@H]1c1ccccc1OC. The van der Waals surface area contributed by atoms with Gasteiger partial charge >= 0.3 is 0 Å². The number of methoxy groups -OCH3 is 2. The number of carbonyl (C=O) groups is 2. The average Bonchev–Trinajstić information content (AvgIpc) is 3.08. The number of para-hydroxylation sites is 1. The fourth-order valence-electron chi connectivity index (χ4n) is 4.29. The topological polar surface area (TPSA) is 79.3 Å². The fourth-order valence-corrected chi connectivity index (χ4v) is 4.29. The van der Waals surface area contributed by atoms with E-state index in [2.05, 4.69) is 18.7 Å². The highest BCUT2D eigenvalue weighted by Crippen LogP contribution is 2.43. The summed E-state index contributed by atoms with van der Waals surface area (Å²) in [4.78, 5) is 30.1. The van der Waals surface area contributed by atoms with E-state index in [9.17, 15) is 14.7 Å². The Labute approximate surface area is 195 Å². The Morgan fingerprint density at radius 1 is 1.06 bits per heavy atom. The van der Waals surface area contributed by atoms with E-state index in [1.54, 1.807) is 43.4 Å². The van der Waals surface area contributed by atoms with Crippen molar-refractivity contribution in [2.75, 3.05) is 40.4 Å². The number of hydrogen-bond donors (Lipinski definition) is 1. The van der Waals surface area contributed by atoms with Crippen LogP contribution in [0.1, 0.15) is 36.6 Å². The normalized spacial score (nSPS) is 17.6. The minimum absolute atomic E-state index is 0.0670. The van der Waals surface area contributed by atoms with Crippen molar-refractivity contribution in [3.63, 3.8) is 0 Å². The summed E-state index contributed by atoms with van der Waals surface area (Å²) in [6.45, 7) is 8.59. The van der Waals surface area contributed by atoms with Gasteiger partial charge in [0.2, 0.25) is 0 Å². The Balaban J connectivity index is 2.17. The third-order valence-electron chi connectivity index (χ3n) is 6.21. The summed E-state index contributed by atoms with van der Waals surface area (Å²) in [7, 11) is 3.12. The molecule has 7 heteroatoms. The second-order valence-corrected chi connectivity index (χ2v) is 7.94. The molecule has 0 aliphatic carbocycles. The van der Waals surface area contributed by atoms with Gasteiger partial charge in [-0.05, 0) is 49.8 Å². The van der Waals surface area contributed by atoms with Crippen molar-refractivity contribution in [1.29, 1.82) is 0 Å². The predicted octanol–water partition coefficient (Wildman–Crippen LogP) is 3.78. The monoisotopic (exact) mass is 452 g/mol. The number of aryl methyl sites for hydroxylation is 1. The van der Waals surface area contributed by atoms with E-state index in [0.717, 1.165) is 18.7 Å². The minimum Gasteiger partial charge on any atom is -0.507 e. The number of ketones is 1. The first-order valence-electron chi connectivity index (χ1n) is 11.2. The number of rotatable bonds is 9. The van der Waals surface area contributed by atoms with Gasteiger partial charge in [0, 0.05) is 24.2 Å². The lowest BCUT2D eigenvalue weighted by Crippen LogP contribution is -2.38. The fraction of sp³-hybridized carbons (Fsp3) is 0.385. The molecule has 1 aliphatic heterocycles. The van der Waals surface area contributed by atoms with Gasteiger partial charge in [0.1, 0.15) is 17.3 Å². The summed E-state index contributed by atoms with van der Waals surface area (Å²) in [5, 5.41) is 11.3. The third kappa shape index (κ3) is 4.73. The van der Waals surface area contributed by atoms with Crippen molar-refractivity contribution in [1.82, 2.24) is 9.80 Å². The number of ether oxygens (including phenoxy) is 2. The summed E-state index contributed by atoms with van der Waals surface area (Å²) in [5.41, 5.74) is 1.95. The van der Waals surface area contributed by atoms with Crippen LogP contribution in [0.15, 0.2) is 48.0 Å². The Bertz CT molecular complexity index is 1060. The van der Waals surface area contributed by atoms with E-state index >= 15 is 0 Å². The molecule has 3 rings (SSSR count). The molecule has 2 aromatic carbocycles. The highest BCUT2D eigenvalue weighted by Gasteiger charge is 2.47. The highest BCUT2D eigenvalue weighted by molar-refractivity contribution is 6.46. The molecule has 0 aromatic heterocycles. The van der Waals surface area contributed by atoms with Crippen molar-refractivity contribution in [3.8, 4) is 11.5 Å².